The van der Waals surface area contributed by atoms with E-state index in [4.69, 9.17) is 0 Å². The van der Waals surface area contributed by atoms with Crippen LogP contribution in [-0.4, -0.2) is 72.2 Å². The maximum atomic E-state index is 12.7. The third-order valence-electron chi connectivity index (χ3n) is 5.80. The van der Waals surface area contributed by atoms with Crippen molar-refractivity contribution in [3.63, 3.8) is 0 Å². The number of amides is 1. The summed E-state index contributed by atoms with van der Waals surface area (Å²) >= 11 is 0. The Morgan fingerprint density at radius 1 is 1.28 bits per heavy atom. The molecule has 0 unspecified atom stereocenters. The van der Waals surface area contributed by atoms with Gasteiger partial charge in [-0.25, -0.2) is 4.98 Å². The number of carbonyl (C=O) groups excluding carboxylic acids is 1. The van der Waals surface area contributed by atoms with Gasteiger partial charge in [-0.3, -0.25) is 23.7 Å². The van der Waals surface area contributed by atoms with E-state index < -0.39 is 0 Å². The molecule has 1 fully saturated rings. The monoisotopic (exact) mass is 436 g/mol. The molecule has 10 nitrogen and oxygen atoms in total. The lowest BCUT2D eigenvalue weighted by Crippen LogP contribution is -2.54. The van der Waals surface area contributed by atoms with Crippen molar-refractivity contribution in [3.8, 4) is 0 Å². The number of nitrogens with zero attached hydrogens (tertiary/aromatic N) is 7. The van der Waals surface area contributed by atoms with Gasteiger partial charge in [0.2, 0.25) is 11.9 Å². The molecule has 10 heteroatoms. The van der Waals surface area contributed by atoms with Crippen molar-refractivity contribution >= 4 is 28.6 Å². The van der Waals surface area contributed by atoms with Crippen molar-refractivity contribution in [3.05, 3.63) is 53.7 Å². The molecule has 1 saturated heterocycles. The molecule has 3 aromatic rings. The highest BCUT2D eigenvalue weighted by Gasteiger charge is 2.25. The molecular formula is C22H28N8O2. The van der Waals surface area contributed by atoms with Gasteiger partial charge in [0.05, 0.1) is 11.9 Å². The molecule has 1 N–H and O–H groups in total. The van der Waals surface area contributed by atoms with Crippen molar-refractivity contribution in [2.45, 2.75) is 33.0 Å². The Kier molecular flexibility index (Phi) is 6.31. The highest BCUT2D eigenvalue weighted by Crippen LogP contribution is 2.16. The zero-order valence-corrected chi connectivity index (χ0v) is 18.4. The van der Waals surface area contributed by atoms with E-state index in [1.165, 1.54) is 6.08 Å². The first kappa shape index (κ1) is 21.7. The van der Waals surface area contributed by atoms with E-state index in [0.29, 0.717) is 37.8 Å². The Morgan fingerprint density at radius 2 is 2.12 bits per heavy atom. The molecule has 168 valence electrons. The molecule has 1 aliphatic rings. The number of pyridine rings is 1. The number of fused-ring (bicyclic) bond motifs is 1. The Bertz CT molecular complexity index is 1180. The van der Waals surface area contributed by atoms with Gasteiger partial charge in [-0.2, -0.15) is 10.1 Å². The molecule has 3 aromatic heterocycles. The number of aryl methyl sites for hydroxylation is 1. The highest BCUT2D eigenvalue weighted by atomic mass is 16.2. The summed E-state index contributed by atoms with van der Waals surface area (Å²) in [5, 5.41) is 8.20. The number of hydrogen-bond donors (Lipinski definition) is 1. The van der Waals surface area contributed by atoms with Crippen LogP contribution in [0.5, 0.6) is 0 Å². The van der Waals surface area contributed by atoms with E-state index in [1.807, 2.05) is 22.7 Å². The number of anilines is 2. The molecule has 0 radical (unpaired) electrons. The minimum atomic E-state index is -0.103. The van der Waals surface area contributed by atoms with Crippen LogP contribution in [0.1, 0.15) is 13.8 Å². The summed E-state index contributed by atoms with van der Waals surface area (Å²) in [4.78, 5) is 37.6. The lowest BCUT2D eigenvalue weighted by molar-refractivity contribution is -0.128. The zero-order chi connectivity index (χ0) is 22.7. The summed E-state index contributed by atoms with van der Waals surface area (Å²) in [5.74, 6) is 0.375. The van der Waals surface area contributed by atoms with E-state index in [0.717, 1.165) is 24.2 Å². The van der Waals surface area contributed by atoms with Crippen molar-refractivity contribution in [2.24, 2.45) is 0 Å². The topological polar surface area (TPSA) is 101 Å². The van der Waals surface area contributed by atoms with E-state index in [1.54, 1.807) is 29.1 Å². The van der Waals surface area contributed by atoms with Crippen LogP contribution in [0.3, 0.4) is 0 Å². The van der Waals surface area contributed by atoms with Crippen LogP contribution in [0, 0.1) is 0 Å². The summed E-state index contributed by atoms with van der Waals surface area (Å²) in [6.45, 7) is 11.7. The van der Waals surface area contributed by atoms with Crippen LogP contribution in [0.25, 0.3) is 11.0 Å². The van der Waals surface area contributed by atoms with Gasteiger partial charge in [0.1, 0.15) is 5.65 Å². The van der Waals surface area contributed by atoms with E-state index in [9.17, 15) is 9.59 Å². The fourth-order valence-corrected chi connectivity index (χ4v) is 3.96. The average molecular weight is 437 g/mol. The minimum Gasteiger partial charge on any atom is -0.336 e. The van der Waals surface area contributed by atoms with Crippen LogP contribution in [0.4, 0.5) is 11.6 Å². The molecule has 4 heterocycles. The number of rotatable bonds is 7. The molecule has 1 aliphatic heterocycles. The van der Waals surface area contributed by atoms with Crippen LogP contribution in [-0.2, 0) is 17.9 Å². The molecule has 0 spiro atoms. The second kappa shape index (κ2) is 9.31. The zero-order valence-electron chi connectivity index (χ0n) is 18.4. The predicted octanol–water partition coefficient (Wildman–Crippen LogP) is 1.47. The van der Waals surface area contributed by atoms with Crippen LogP contribution >= 0.6 is 0 Å². The van der Waals surface area contributed by atoms with Gasteiger partial charge < -0.3 is 10.2 Å². The first-order chi connectivity index (χ1) is 15.5. The molecule has 1 amide bonds. The second-order valence-corrected chi connectivity index (χ2v) is 7.88. The van der Waals surface area contributed by atoms with E-state index >= 15 is 0 Å². The van der Waals surface area contributed by atoms with Crippen LogP contribution in [0.15, 0.2) is 48.2 Å². The first-order valence-corrected chi connectivity index (χ1v) is 10.8. The maximum absolute atomic E-state index is 12.7. The highest BCUT2D eigenvalue weighted by molar-refractivity contribution is 5.87. The maximum Gasteiger partial charge on any atom is 0.252 e. The van der Waals surface area contributed by atoms with Gasteiger partial charge in [-0.15, -0.1) is 0 Å². The first-order valence-electron chi connectivity index (χ1n) is 10.8. The van der Waals surface area contributed by atoms with Gasteiger partial charge in [0.25, 0.3) is 5.56 Å². The van der Waals surface area contributed by atoms with Crippen molar-refractivity contribution < 1.29 is 4.79 Å². The minimum absolute atomic E-state index is 0.0389. The molecule has 32 heavy (non-hydrogen) atoms. The normalized spacial score (nSPS) is 16.9. The van der Waals surface area contributed by atoms with Crippen LogP contribution < -0.4 is 10.9 Å². The summed E-state index contributed by atoms with van der Waals surface area (Å²) in [5.41, 5.74) is 1.27. The fourth-order valence-electron chi connectivity index (χ4n) is 3.96. The Labute approximate surface area is 186 Å². The number of nitrogens with one attached hydrogen (secondary N) is 1. The van der Waals surface area contributed by atoms with Crippen molar-refractivity contribution in [1.82, 2.24) is 34.1 Å². The molecule has 0 aromatic carbocycles. The fraction of sp³-hybridized carbons (Fsp3) is 0.409. The van der Waals surface area contributed by atoms with E-state index in [-0.39, 0.29) is 17.5 Å². The molecule has 1 atom stereocenters. The van der Waals surface area contributed by atoms with E-state index in [2.05, 4.69) is 38.8 Å². The third-order valence-corrected chi connectivity index (χ3v) is 5.80. The number of hydrogen-bond acceptors (Lipinski definition) is 7. The smallest absolute Gasteiger partial charge is 0.252 e. The lowest BCUT2D eigenvalue weighted by atomic mass is 10.2. The molecule has 0 bridgehead atoms. The summed E-state index contributed by atoms with van der Waals surface area (Å²) in [7, 11) is 0. The number of aromatic nitrogens is 5. The largest absolute Gasteiger partial charge is 0.336 e. The van der Waals surface area contributed by atoms with Gasteiger partial charge in [-0.05, 0) is 26.0 Å². The SMILES string of the molecule is C=CC(=O)N1CCN(CCn2c(=O)ccc3cnc(Nc4cnn(CC)c4)nc32)[C@@H](C)C1. The van der Waals surface area contributed by atoms with Gasteiger partial charge in [-0.1, -0.05) is 6.58 Å². The lowest BCUT2D eigenvalue weighted by Gasteiger charge is -2.39. The average Bonchev–Trinajstić information content (AvgIpc) is 3.26. The standard InChI is InChI=1S/C22H28N8O2/c1-4-19(31)28-9-8-27(16(3)14-28)10-11-30-20(32)7-6-17-12-23-22(26-21(17)30)25-18-13-24-29(5-2)15-18/h4,6-7,12-13,15-16H,1,5,8-11,14H2,2-3H3,(H,23,25,26)/t16-/m0/s1. The Hall–Kier alpha value is -3.53. The molecule has 0 saturated carbocycles. The predicted molar refractivity (Wildman–Crippen MR) is 123 cm³/mol. The van der Waals surface area contributed by atoms with Gasteiger partial charge in [0.15, 0.2) is 0 Å². The van der Waals surface area contributed by atoms with Gasteiger partial charge in [0, 0.05) is 69.2 Å². The Balaban J connectivity index is 1.51. The Morgan fingerprint density at radius 3 is 2.84 bits per heavy atom. The molecule has 4 rings (SSSR count). The summed E-state index contributed by atoms with van der Waals surface area (Å²) < 4.78 is 3.49. The quantitative estimate of drug-likeness (QED) is 0.560. The molecule has 0 aliphatic carbocycles. The number of piperazine rings is 1. The van der Waals surface area contributed by atoms with Crippen molar-refractivity contribution in [1.29, 1.82) is 0 Å². The summed E-state index contributed by atoms with van der Waals surface area (Å²) in [6, 6.07) is 3.49. The van der Waals surface area contributed by atoms with Gasteiger partial charge >= 0.3 is 0 Å². The third kappa shape index (κ3) is 4.54. The second-order valence-electron chi connectivity index (χ2n) is 7.88. The van der Waals surface area contributed by atoms with Crippen molar-refractivity contribution in [2.75, 3.05) is 31.5 Å². The summed E-state index contributed by atoms with van der Waals surface area (Å²) in [6.07, 6.45) is 6.67. The van der Waals surface area contributed by atoms with Crippen LogP contribution in [0.2, 0.25) is 0 Å². The number of carbonyl (C=O) groups is 1. The molecular weight excluding hydrogens is 408 g/mol.